The molecule has 1 aromatic rings. The third kappa shape index (κ3) is 4.39. The summed E-state index contributed by atoms with van der Waals surface area (Å²) >= 11 is 0. The summed E-state index contributed by atoms with van der Waals surface area (Å²) in [5, 5.41) is 4.16. The molecule has 0 aliphatic carbocycles. The number of carbonyl (C=O) groups excluding carboxylic acids is 1. The van der Waals surface area contributed by atoms with Crippen LogP contribution in [0.15, 0.2) is 12.4 Å². The summed E-state index contributed by atoms with van der Waals surface area (Å²) in [6.45, 7) is 7.01. The van der Waals surface area contributed by atoms with E-state index in [9.17, 15) is 4.79 Å². The van der Waals surface area contributed by atoms with Crippen LogP contribution in [0.3, 0.4) is 0 Å². The second-order valence-electron chi connectivity index (χ2n) is 4.70. The van der Waals surface area contributed by atoms with E-state index in [4.69, 9.17) is 9.47 Å². The fraction of sp³-hybridized carbons (Fsp3) is 0.692. The van der Waals surface area contributed by atoms with Crippen LogP contribution in [-0.4, -0.2) is 29.0 Å². The van der Waals surface area contributed by atoms with Crippen LogP contribution in [0.25, 0.3) is 0 Å². The van der Waals surface area contributed by atoms with Gasteiger partial charge in [0.2, 0.25) is 0 Å². The molecule has 18 heavy (non-hydrogen) atoms. The zero-order valence-corrected chi connectivity index (χ0v) is 11.5. The minimum atomic E-state index is -0.561. The van der Waals surface area contributed by atoms with Crippen molar-refractivity contribution in [2.75, 3.05) is 7.11 Å². The second kappa shape index (κ2) is 7.03. The Bertz CT molecular complexity index is 374. The lowest BCUT2D eigenvalue weighted by molar-refractivity contribution is -0.149. The lowest BCUT2D eigenvalue weighted by Gasteiger charge is -2.17. The predicted octanol–water partition coefficient (Wildman–Crippen LogP) is 2.26. The molecule has 5 heteroatoms. The third-order valence-electron chi connectivity index (χ3n) is 2.49. The Balaban J connectivity index is 2.66. The Morgan fingerprint density at radius 2 is 2.22 bits per heavy atom. The zero-order valence-electron chi connectivity index (χ0n) is 11.5. The first-order valence-electron chi connectivity index (χ1n) is 6.33. The SMILES string of the molecule is CCCn1cc(O[C@@H](CC(C)C)C(=O)OC)cn1. The van der Waals surface area contributed by atoms with Crippen LogP contribution in [0.4, 0.5) is 0 Å². The van der Waals surface area contributed by atoms with E-state index in [1.807, 2.05) is 13.8 Å². The predicted molar refractivity (Wildman–Crippen MR) is 68.4 cm³/mol. The standard InChI is InChI=1S/C13H22N2O3/c1-5-6-15-9-11(8-14-15)18-12(7-10(2)3)13(16)17-4/h8-10,12H,5-7H2,1-4H3/t12-/m0/s1. The summed E-state index contributed by atoms with van der Waals surface area (Å²) in [6.07, 6.45) is 4.51. The van der Waals surface area contributed by atoms with Gasteiger partial charge in [-0.2, -0.15) is 5.10 Å². The molecule has 0 N–H and O–H groups in total. The van der Waals surface area contributed by atoms with Gasteiger partial charge in [-0.1, -0.05) is 20.8 Å². The molecule has 1 heterocycles. The Morgan fingerprint density at radius 1 is 1.50 bits per heavy atom. The number of rotatable bonds is 7. The van der Waals surface area contributed by atoms with Crippen LogP contribution in [0.5, 0.6) is 5.75 Å². The number of hydrogen-bond acceptors (Lipinski definition) is 4. The van der Waals surface area contributed by atoms with E-state index in [2.05, 4.69) is 12.0 Å². The Labute approximate surface area is 108 Å². The molecule has 0 spiro atoms. The van der Waals surface area contributed by atoms with Crippen LogP contribution in [-0.2, 0) is 16.1 Å². The number of hydrogen-bond donors (Lipinski definition) is 0. The number of nitrogens with zero attached hydrogens (tertiary/aromatic N) is 2. The van der Waals surface area contributed by atoms with Gasteiger partial charge in [-0.05, 0) is 18.8 Å². The molecule has 0 aromatic carbocycles. The molecule has 1 rings (SSSR count). The molecule has 0 unspecified atom stereocenters. The van der Waals surface area contributed by atoms with Crippen LogP contribution in [0, 0.1) is 5.92 Å². The summed E-state index contributed by atoms with van der Waals surface area (Å²) < 4.78 is 12.2. The summed E-state index contributed by atoms with van der Waals surface area (Å²) in [7, 11) is 1.37. The highest BCUT2D eigenvalue weighted by Gasteiger charge is 2.22. The average molecular weight is 254 g/mol. The van der Waals surface area contributed by atoms with Gasteiger partial charge in [0.1, 0.15) is 0 Å². The summed E-state index contributed by atoms with van der Waals surface area (Å²) in [5.74, 6) is 0.631. The van der Waals surface area contributed by atoms with Gasteiger partial charge in [0, 0.05) is 6.54 Å². The first-order valence-corrected chi connectivity index (χ1v) is 6.33. The fourth-order valence-corrected chi connectivity index (χ4v) is 1.67. The largest absolute Gasteiger partial charge is 0.475 e. The lowest BCUT2D eigenvalue weighted by Crippen LogP contribution is -2.30. The van der Waals surface area contributed by atoms with Crippen LogP contribution >= 0.6 is 0 Å². The molecule has 0 bridgehead atoms. The van der Waals surface area contributed by atoms with Gasteiger partial charge in [-0.15, -0.1) is 0 Å². The van der Waals surface area contributed by atoms with Crippen molar-refractivity contribution in [3.05, 3.63) is 12.4 Å². The summed E-state index contributed by atoms with van der Waals surface area (Å²) in [6, 6.07) is 0. The highest BCUT2D eigenvalue weighted by Crippen LogP contribution is 2.16. The molecule has 0 radical (unpaired) electrons. The lowest BCUT2D eigenvalue weighted by atomic mass is 10.1. The van der Waals surface area contributed by atoms with Gasteiger partial charge >= 0.3 is 5.97 Å². The Hall–Kier alpha value is -1.52. The number of aryl methyl sites for hydroxylation is 1. The van der Waals surface area contributed by atoms with Crippen molar-refractivity contribution in [2.24, 2.45) is 5.92 Å². The van der Waals surface area contributed by atoms with Gasteiger partial charge in [0.25, 0.3) is 0 Å². The van der Waals surface area contributed by atoms with Gasteiger partial charge in [-0.3, -0.25) is 4.68 Å². The molecular formula is C13H22N2O3. The van der Waals surface area contributed by atoms with Crippen molar-refractivity contribution in [2.45, 2.75) is 46.3 Å². The minimum absolute atomic E-state index is 0.341. The molecule has 102 valence electrons. The molecule has 0 saturated heterocycles. The highest BCUT2D eigenvalue weighted by atomic mass is 16.6. The Kier molecular flexibility index (Phi) is 5.68. The first kappa shape index (κ1) is 14.5. The first-order chi connectivity index (χ1) is 8.56. The Morgan fingerprint density at radius 3 is 2.78 bits per heavy atom. The van der Waals surface area contributed by atoms with E-state index in [-0.39, 0.29) is 5.97 Å². The number of carbonyl (C=O) groups is 1. The van der Waals surface area contributed by atoms with Crippen molar-refractivity contribution in [1.29, 1.82) is 0 Å². The van der Waals surface area contributed by atoms with E-state index in [0.29, 0.717) is 18.1 Å². The van der Waals surface area contributed by atoms with E-state index in [0.717, 1.165) is 13.0 Å². The third-order valence-corrected chi connectivity index (χ3v) is 2.49. The van der Waals surface area contributed by atoms with Crippen molar-refractivity contribution in [3.63, 3.8) is 0 Å². The van der Waals surface area contributed by atoms with Crippen molar-refractivity contribution < 1.29 is 14.3 Å². The zero-order chi connectivity index (χ0) is 13.5. The van der Waals surface area contributed by atoms with Gasteiger partial charge in [0.15, 0.2) is 11.9 Å². The summed E-state index contributed by atoms with van der Waals surface area (Å²) in [4.78, 5) is 11.6. The molecular weight excluding hydrogens is 232 g/mol. The van der Waals surface area contributed by atoms with Crippen molar-refractivity contribution in [1.82, 2.24) is 9.78 Å². The molecule has 0 amide bonds. The maximum absolute atomic E-state index is 11.6. The normalized spacial score (nSPS) is 12.5. The van der Waals surface area contributed by atoms with Gasteiger partial charge in [0.05, 0.1) is 19.5 Å². The smallest absolute Gasteiger partial charge is 0.347 e. The topological polar surface area (TPSA) is 53.4 Å². The van der Waals surface area contributed by atoms with Crippen LogP contribution in [0.1, 0.15) is 33.6 Å². The number of methoxy groups -OCH3 is 1. The maximum Gasteiger partial charge on any atom is 0.347 e. The summed E-state index contributed by atoms with van der Waals surface area (Å²) in [5.41, 5.74) is 0. The average Bonchev–Trinajstić information content (AvgIpc) is 2.75. The highest BCUT2D eigenvalue weighted by molar-refractivity contribution is 5.74. The molecule has 1 aromatic heterocycles. The molecule has 1 atom stereocenters. The number of aromatic nitrogens is 2. The van der Waals surface area contributed by atoms with Crippen molar-refractivity contribution >= 4 is 5.97 Å². The van der Waals surface area contributed by atoms with Crippen molar-refractivity contribution in [3.8, 4) is 5.75 Å². The van der Waals surface area contributed by atoms with Crippen LogP contribution in [0.2, 0.25) is 0 Å². The molecule has 0 aliphatic rings. The van der Waals surface area contributed by atoms with E-state index in [1.165, 1.54) is 7.11 Å². The molecule has 5 nitrogen and oxygen atoms in total. The number of ether oxygens (including phenoxy) is 2. The monoisotopic (exact) mass is 254 g/mol. The maximum atomic E-state index is 11.6. The van der Waals surface area contributed by atoms with Gasteiger partial charge < -0.3 is 9.47 Å². The second-order valence-corrected chi connectivity index (χ2v) is 4.70. The van der Waals surface area contributed by atoms with E-state index >= 15 is 0 Å². The molecule has 0 fully saturated rings. The van der Waals surface area contributed by atoms with Gasteiger partial charge in [-0.25, -0.2) is 4.79 Å². The number of esters is 1. The molecule has 0 saturated carbocycles. The quantitative estimate of drug-likeness (QED) is 0.700. The molecule has 0 aliphatic heterocycles. The van der Waals surface area contributed by atoms with Crippen LogP contribution < -0.4 is 4.74 Å². The van der Waals surface area contributed by atoms with E-state index < -0.39 is 6.10 Å². The minimum Gasteiger partial charge on any atom is -0.475 e. The van der Waals surface area contributed by atoms with E-state index in [1.54, 1.807) is 17.1 Å². The fourth-order valence-electron chi connectivity index (χ4n) is 1.67.